The molecule has 0 bridgehead atoms. The molecule has 0 saturated carbocycles. The molecule has 0 aliphatic carbocycles. The summed E-state index contributed by atoms with van der Waals surface area (Å²) in [7, 11) is 1.84. The van der Waals surface area contributed by atoms with Gasteiger partial charge in [-0.25, -0.2) is 19.6 Å². The van der Waals surface area contributed by atoms with Crippen LogP contribution in [0.5, 0.6) is 0 Å². The lowest BCUT2D eigenvalue weighted by Crippen LogP contribution is -2.02. The van der Waals surface area contributed by atoms with E-state index < -0.39 is 0 Å². The van der Waals surface area contributed by atoms with Gasteiger partial charge in [-0.2, -0.15) is 5.10 Å². The maximum atomic E-state index is 6.14. The van der Waals surface area contributed by atoms with Crippen LogP contribution < -0.4 is 0 Å². The van der Waals surface area contributed by atoms with Crippen LogP contribution in [0.4, 0.5) is 0 Å². The summed E-state index contributed by atoms with van der Waals surface area (Å²) in [5.41, 5.74) is 0.870. The monoisotopic (exact) mass is 283 g/mol. The van der Waals surface area contributed by atoms with Gasteiger partial charge in [-0.1, -0.05) is 25.4 Å². The fourth-order valence-corrected chi connectivity index (χ4v) is 2.38. The molecule has 0 spiro atoms. The van der Waals surface area contributed by atoms with Crippen molar-refractivity contribution in [3.8, 4) is 0 Å². The van der Waals surface area contributed by atoms with Crippen molar-refractivity contribution in [1.82, 2.24) is 24.7 Å². The molecule has 0 aliphatic rings. The van der Waals surface area contributed by atoms with E-state index in [4.69, 9.17) is 11.6 Å². The lowest BCUT2D eigenvalue weighted by molar-refractivity contribution is 0.683. The van der Waals surface area contributed by atoms with Crippen molar-refractivity contribution in [2.45, 2.75) is 36.9 Å². The van der Waals surface area contributed by atoms with E-state index >= 15 is 0 Å². The smallest absolute Gasteiger partial charge is 0.192 e. The van der Waals surface area contributed by atoms with E-state index in [2.05, 4.69) is 20.1 Å². The summed E-state index contributed by atoms with van der Waals surface area (Å²) in [5, 5.41) is 6.14. The van der Waals surface area contributed by atoms with Crippen LogP contribution in [-0.4, -0.2) is 24.7 Å². The Bertz CT molecular complexity index is 567. The number of hydrogen-bond acceptors (Lipinski definition) is 5. The van der Waals surface area contributed by atoms with Gasteiger partial charge in [-0.3, -0.25) is 0 Å². The van der Waals surface area contributed by atoms with Gasteiger partial charge in [-0.05, 0) is 18.7 Å². The van der Waals surface area contributed by atoms with Crippen LogP contribution in [0.2, 0.25) is 5.15 Å². The number of aryl methyl sites for hydroxylation is 1. The minimum Gasteiger partial charge on any atom is -0.244 e. The molecule has 0 amide bonds. The van der Waals surface area contributed by atoms with E-state index in [9.17, 15) is 0 Å². The Morgan fingerprint density at radius 2 is 2.06 bits per heavy atom. The fraction of sp³-hybridized carbons (Fsp3) is 0.455. The van der Waals surface area contributed by atoms with Gasteiger partial charge in [0, 0.05) is 18.5 Å². The number of halogens is 1. The van der Waals surface area contributed by atoms with E-state index in [-0.39, 0.29) is 5.92 Å². The fourth-order valence-electron chi connectivity index (χ4n) is 1.31. The third kappa shape index (κ3) is 2.64. The molecule has 0 unspecified atom stereocenters. The van der Waals surface area contributed by atoms with Gasteiger partial charge in [0.2, 0.25) is 0 Å². The number of aromatic nitrogens is 5. The minimum absolute atomic E-state index is 0.238. The van der Waals surface area contributed by atoms with Gasteiger partial charge >= 0.3 is 0 Å². The molecule has 18 heavy (non-hydrogen) atoms. The van der Waals surface area contributed by atoms with Crippen LogP contribution >= 0.6 is 23.4 Å². The normalized spacial score (nSPS) is 11.2. The maximum Gasteiger partial charge on any atom is 0.192 e. The molecular weight excluding hydrogens is 270 g/mol. The second kappa shape index (κ2) is 5.24. The first kappa shape index (κ1) is 13.3. The highest BCUT2D eigenvalue weighted by atomic mass is 35.5. The molecule has 2 aromatic rings. The highest BCUT2D eigenvalue weighted by Crippen LogP contribution is 2.30. The molecule has 0 radical (unpaired) electrons. The van der Waals surface area contributed by atoms with Crippen LogP contribution in [0, 0.1) is 6.92 Å². The van der Waals surface area contributed by atoms with E-state index in [1.54, 1.807) is 4.68 Å². The first-order valence-electron chi connectivity index (χ1n) is 5.55. The van der Waals surface area contributed by atoms with Gasteiger partial charge in [-0.15, -0.1) is 0 Å². The minimum atomic E-state index is 0.238. The molecule has 96 valence electrons. The molecule has 0 aliphatic heterocycles. The van der Waals surface area contributed by atoms with Crippen molar-refractivity contribution in [3.05, 3.63) is 22.9 Å². The van der Waals surface area contributed by atoms with Gasteiger partial charge in [0.25, 0.3) is 0 Å². The number of hydrogen-bond donors (Lipinski definition) is 0. The lowest BCUT2D eigenvalue weighted by atomic mass is 10.2. The molecule has 0 N–H and O–H groups in total. The summed E-state index contributed by atoms with van der Waals surface area (Å²) in [6, 6.07) is 0. The Balaban J connectivity index is 2.41. The van der Waals surface area contributed by atoms with E-state index in [1.807, 2.05) is 27.8 Å². The van der Waals surface area contributed by atoms with Crippen LogP contribution in [0.1, 0.15) is 31.2 Å². The van der Waals surface area contributed by atoms with Gasteiger partial charge in [0.1, 0.15) is 22.3 Å². The molecule has 0 fully saturated rings. The second-order valence-corrected chi connectivity index (χ2v) is 5.54. The summed E-state index contributed by atoms with van der Waals surface area (Å²) in [5.74, 6) is 0.984. The van der Waals surface area contributed by atoms with E-state index in [0.717, 1.165) is 21.6 Å². The van der Waals surface area contributed by atoms with Crippen LogP contribution in [-0.2, 0) is 7.05 Å². The quantitative estimate of drug-likeness (QED) is 0.811. The predicted molar refractivity (Wildman–Crippen MR) is 71.0 cm³/mol. The standard InChI is InChI=1S/C11H14ClN5S/c1-6(2)9-15-8(12)7(3)10(16-9)18-11-13-5-14-17(11)4/h5-6H,1-4H3. The highest BCUT2D eigenvalue weighted by Gasteiger charge is 2.14. The summed E-state index contributed by atoms with van der Waals surface area (Å²) < 4.78 is 1.70. The molecular formula is C11H14ClN5S. The van der Waals surface area contributed by atoms with Crippen molar-refractivity contribution >= 4 is 23.4 Å². The first-order valence-corrected chi connectivity index (χ1v) is 6.74. The van der Waals surface area contributed by atoms with Crippen LogP contribution in [0.15, 0.2) is 16.5 Å². The van der Waals surface area contributed by atoms with E-state index in [0.29, 0.717) is 5.15 Å². The molecule has 0 aromatic carbocycles. The zero-order chi connectivity index (χ0) is 13.3. The molecule has 5 nitrogen and oxygen atoms in total. The Morgan fingerprint density at radius 3 is 2.61 bits per heavy atom. The Labute approximate surface area is 115 Å². The van der Waals surface area contributed by atoms with Crippen molar-refractivity contribution in [2.24, 2.45) is 7.05 Å². The topological polar surface area (TPSA) is 56.5 Å². The zero-order valence-electron chi connectivity index (χ0n) is 10.7. The van der Waals surface area contributed by atoms with Gasteiger partial charge < -0.3 is 0 Å². The molecule has 2 rings (SSSR count). The van der Waals surface area contributed by atoms with Crippen molar-refractivity contribution in [1.29, 1.82) is 0 Å². The largest absolute Gasteiger partial charge is 0.244 e. The van der Waals surface area contributed by atoms with Crippen molar-refractivity contribution in [3.63, 3.8) is 0 Å². The second-order valence-electron chi connectivity index (χ2n) is 4.23. The highest BCUT2D eigenvalue weighted by molar-refractivity contribution is 7.99. The Kier molecular flexibility index (Phi) is 3.87. The maximum absolute atomic E-state index is 6.14. The summed E-state index contributed by atoms with van der Waals surface area (Å²) in [6.07, 6.45) is 1.52. The third-order valence-electron chi connectivity index (χ3n) is 2.43. The SMILES string of the molecule is Cc1c(Cl)nc(C(C)C)nc1Sc1ncnn1C. The molecule has 0 atom stereocenters. The van der Waals surface area contributed by atoms with Gasteiger partial charge in [0.05, 0.1) is 0 Å². The molecule has 2 heterocycles. The van der Waals surface area contributed by atoms with Crippen LogP contribution in [0.3, 0.4) is 0 Å². The Morgan fingerprint density at radius 1 is 1.33 bits per heavy atom. The average Bonchev–Trinajstić information content (AvgIpc) is 2.70. The van der Waals surface area contributed by atoms with Crippen molar-refractivity contribution in [2.75, 3.05) is 0 Å². The lowest BCUT2D eigenvalue weighted by Gasteiger charge is -2.10. The third-order valence-corrected chi connectivity index (χ3v) is 3.94. The number of rotatable bonds is 3. The van der Waals surface area contributed by atoms with Crippen molar-refractivity contribution < 1.29 is 0 Å². The summed E-state index contributed by atoms with van der Waals surface area (Å²) in [6.45, 7) is 5.99. The first-order chi connectivity index (χ1) is 8.49. The summed E-state index contributed by atoms with van der Waals surface area (Å²) >= 11 is 7.58. The number of nitrogens with zero attached hydrogens (tertiary/aromatic N) is 5. The molecule has 2 aromatic heterocycles. The Hall–Kier alpha value is -1.14. The average molecular weight is 284 g/mol. The summed E-state index contributed by atoms with van der Waals surface area (Å²) in [4.78, 5) is 13.0. The van der Waals surface area contributed by atoms with E-state index in [1.165, 1.54) is 18.1 Å². The zero-order valence-corrected chi connectivity index (χ0v) is 12.2. The van der Waals surface area contributed by atoms with Gasteiger partial charge in [0.15, 0.2) is 5.16 Å². The molecule has 7 heteroatoms. The molecule has 0 saturated heterocycles. The predicted octanol–water partition coefficient (Wildman–Crippen LogP) is 2.84. The van der Waals surface area contributed by atoms with Crippen LogP contribution in [0.25, 0.3) is 0 Å².